The minimum atomic E-state index is -0.653. The Morgan fingerprint density at radius 3 is 2.79 bits per heavy atom. The van der Waals surface area contributed by atoms with E-state index in [4.69, 9.17) is 0 Å². The molecule has 0 spiro atoms. The number of hydrogen-bond acceptors (Lipinski definition) is 4. The molecule has 1 amide bonds. The summed E-state index contributed by atoms with van der Waals surface area (Å²) in [6.07, 6.45) is 2.24. The number of halogens is 1. The van der Waals surface area contributed by atoms with Crippen molar-refractivity contribution in [2.45, 2.75) is 13.0 Å². The second-order valence-electron chi connectivity index (χ2n) is 4.41. The lowest BCUT2D eigenvalue weighted by Crippen LogP contribution is -2.33. The van der Waals surface area contributed by atoms with Gasteiger partial charge in [0.25, 0.3) is 5.91 Å². The highest BCUT2D eigenvalue weighted by molar-refractivity contribution is 6.04. The molecule has 0 aliphatic rings. The molecular weight excluding hydrogens is 249 g/mol. The van der Waals surface area contributed by atoms with E-state index in [9.17, 15) is 14.3 Å². The maximum atomic E-state index is 13.5. The van der Waals surface area contributed by atoms with Crippen molar-refractivity contribution in [3.63, 3.8) is 0 Å². The van der Waals surface area contributed by atoms with Crippen LogP contribution in [0.15, 0.2) is 24.5 Å². The Hall–Kier alpha value is -2.08. The van der Waals surface area contributed by atoms with Gasteiger partial charge in [0.05, 0.1) is 17.2 Å². The normalized spacial score (nSPS) is 12.4. The van der Waals surface area contributed by atoms with Gasteiger partial charge < -0.3 is 10.0 Å². The van der Waals surface area contributed by atoms with Gasteiger partial charge in [0, 0.05) is 32.1 Å². The molecule has 100 valence electrons. The van der Waals surface area contributed by atoms with Crippen LogP contribution in [-0.4, -0.2) is 45.6 Å². The molecule has 1 aromatic carbocycles. The van der Waals surface area contributed by atoms with Crippen LogP contribution in [0.4, 0.5) is 4.39 Å². The summed E-state index contributed by atoms with van der Waals surface area (Å²) < 4.78 is 13.5. The Morgan fingerprint density at radius 1 is 1.42 bits per heavy atom. The second kappa shape index (κ2) is 5.27. The Balaban J connectivity index is 2.47. The van der Waals surface area contributed by atoms with E-state index in [1.54, 1.807) is 14.0 Å². The Morgan fingerprint density at radius 2 is 2.11 bits per heavy atom. The van der Waals surface area contributed by atoms with Crippen molar-refractivity contribution < 1.29 is 14.3 Å². The van der Waals surface area contributed by atoms with Crippen LogP contribution >= 0.6 is 0 Å². The van der Waals surface area contributed by atoms with Gasteiger partial charge in [-0.1, -0.05) is 0 Å². The Bertz CT molecular complexity index is 616. The molecule has 1 N–H and O–H groups in total. The number of likely N-dealkylation sites (N-methyl/N-ethyl adjacent to an activating group) is 1. The highest BCUT2D eigenvalue weighted by atomic mass is 19.1. The maximum absolute atomic E-state index is 13.5. The van der Waals surface area contributed by atoms with Crippen LogP contribution in [0.2, 0.25) is 0 Å². The fourth-order valence-electron chi connectivity index (χ4n) is 1.89. The molecule has 1 atom stereocenters. The molecule has 2 aromatic rings. The molecule has 0 saturated heterocycles. The molecule has 0 aliphatic heterocycles. The first-order valence-electron chi connectivity index (χ1n) is 5.83. The standard InChI is InChI=1S/C13H14FN3O2/c1-8(18)7-17(2)13(19)10-5-9(14)6-11-12(10)16-4-3-15-11/h3-6,8,18H,7H2,1-2H3. The number of nitrogens with zero attached hydrogens (tertiary/aromatic N) is 3. The molecule has 5 nitrogen and oxygen atoms in total. The number of amides is 1. The van der Waals surface area contributed by atoms with Gasteiger partial charge in [0.1, 0.15) is 11.3 Å². The first kappa shape index (κ1) is 13.4. The average molecular weight is 263 g/mol. The number of fused-ring (bicyclic) bond motifs is 1. The van der Waals surface area contributed by atoms with Gasteiger partial charge >= 0.3 is 0 Å². The smallest absolute Gasteiger partial charge is 0.256 e. The molecule has 1 unspecified atom stereocenters. The zero-order chi connectivity index (χ0) is 14.0. The summed E-state index contributed by atoms with van der Waals surface area (Å²) in [4.78, 5) is 21.6. The van der Waals surface area contributed by atoms with Crippen LogP contribution < -0.4 is 0 Å². The molecule has 0 radical (unpaired) electrons. The first-order chi connectivity index (χ1) is 8.99. The van der Waals surface area contributed by atoms with Crippen LogP contribution in [0, 0.1) is 5.82 Å². The van der Waals surface area contributed by atoms with Crippen molar-refractivity contribution in [2.75, 3.05) is 13.6 Å². The second-order valence-corrected chi connectivity index (χ2v) is 4.41. The summed E-state index contributed by atoms with van der Waals surface area (Å²) in [7, 11) is 1.54. The summed E-state index contributed by atoms with van der Waals surface area (Å²) in [5.41, 5.74) is 0.828. The minimum Gasteiger partial charge on any atom is -0.392 e. The zero-order valence-electron chi connectivity index (χ0n) is 10.7. The molecule has 2 rings (SSSR count). The Kier molecular flexibility index (Phi) is 3.71. The van der Waals surface area contributed by atoms with Gasteiger partial charge in [-0.3, -0.25) is 14.8 Å². The van der Waals surface area contributed by atoms with E-state index < -0.39 is 17.8 Å². The van der Waals surface area contributed by atoms with E-state index >= 15 is 0 Å². The lowest BCUT2D eigenvalue weighted by Gasteiger charge is -2.19. The van der Waals surface area contributed by atoms with Crippen molar-refractivity contribution in [1.82, 2.24) is 14.9 Å². The molecule has 0 aliphatic carbocycles. The van der Waals surface area contributed by atoms with Crippen LogP contribution in [0.5, 0.6) is 0 Å². The molecule has 0 bridgehead atoms. The van der Waals surface area contributed by atoms with Gasteiger partial charge in [-0.05, 0) is 13.0 Å². The number of carbonyl (C=O) groups excluding carboxylic acids is 1. The van der Waals surface area contributed by atoms with E-state index in [-0.39, 0.29) is 12.1 Å². The number of aliphatic hydroxyl groups excluding tert-OH is 1. The molecule has 1 heterocycles. The van der Waals surface area contributed by atoms with Crippen molar-refractivity contribution in [3.05, 3.63) is 35.9 Å². The van der Waals surface area contributed by atoms with E-state index in [0.717, 1.165) is 6.07 Å². The van der Waals surface area contributed by atoms with Crippen molar-refractivity contribution >= 4 is 16.9 Å². The number of hydrogen-bond donors (Lipinski definition) is 1. The molecule has 0 saturated carbocycles. The number of benzene rings is 1. The van der Waals surface area contributed by atoms with Crippen LogP contribution in [0.3, 0.4) is 0 Å². The average Bonchev–Trinajstić information content (AvgIpc) is 2.36. The quantitative estimate of drug-likeness (QED) is 0.904. The zero-order valence-corrected chi connectivity index (χ0v) is 10.7. The third-order valence-corrected chi connectivity index (χ3v) is 2.65. The van der Waals surface area contributed by atoms with Gasteiger partial charge in [0.2, 0.25) is 0 Å². The third-order valence-electron chi connectivity index (χ3n) is 2.65. The molecule has 6 heteroatoms. The molecule has 1 aromatic heterocycles. The number of rotatable bonds is 3. The van der Waals surface area contributed by atoms with Crippen LogP contribution in [0.1, 0.15) is 17.3 Å². The first-order valence-corrected chi connectivity index (χ1v) is 5.83. The van der Waals surface area contributed by atoms with E-state index in [1.807, 2.05) is 0 Å². The fraction of sp³-hybridized carbons (Fsp3) is 0.308. The predicted molar refractivity (Wildman–Crippen MR) is 68.1 cm³/mol. The van der Waals surface area contributed by atoms with E-state index in [1.165, 1.54) is 23.4 Å². The fourth-order valence-corrected chi connectivity index (χ4v) is 1.89. The number of carbonyl (C=O) groups is 1. The van der Waals surface area contributed by atoms with E-state index in [2.05, 4.69) is 9.97 Å². The van der Waals surface area contributed by atoms with Gasteiger partial charge in [0.15, 0.2) is 0 Å². The van der Waals surface area contributed by atoms with Crippen LogP contribution in [0.25, 0.3) is 11.0 Å². The molecule has 19 heavy (non-hydrogen) atoms. The number of aliphatic hydroxyl groups is 1. The summed E-state index contributed by atoms with van der Waals surface area (Å²) >= 11 is 0. The summed E-state index contributed by atoms with van der Waals surface area (Å²) in [5.74, 6) is -0.937. The third kappa shape index (κ3) is 2.85. The predicted octanol–water partition coefficient (Wildman–Crippen LogP) is 1.22. The summed E-state index contributed by atoms with van der Waals surface area (Å²) in [5, 5.41) is 9.29. The van der Waals surface area contributed by atoms with Crippen molar-refractivity contribution in [3.8, 4) is 0 Å². The van der Waals surface area contributed by atoms with Gasteiger partial charge in [-0.25, -0.2) is 4.39 Å². The lowest BCUT2D eigenvalue weighted by atomic mass is 10.1. The summed E-state index contributed by atoms with van der Waals surface area (Å²) in [6.45, 7) is 1.74. The molecular formula is C13H14FN3O2. The van der Waals surface area contributed by atoms with Crippen molar-refractivity contribution in [1.29, 1.82) is 0 Å². The Labute approximate surface area is 109 Å². The monoisotopic (exact) mass is 263 g/mol. The SMILES string of the molecule is CC(O)CN(C)C(=O)c1cc(F)cc2nccnc12. The topological polar surface area (TPSA) is 66.3 Å². The van der Waals surface area contributed by atoms with E-state index in [0.29, 0.717) is 11.0 Å². The van der Waals surface area contributed by atoms with Gasteiger partial charge in [-0.2, -0.15) is 0 Å². The highest BCUT2D eigenvalue weighted by Crippen LogP contribution is 2.18. The highest BCUT2D eigenvalue weighted by Gasteiger charge is 2.18. The molecule has 0 fully saturated rings. The van der Waals surface area contributed by atoms with Crippen LogP contribution in [-0.2, 0) is 0 Å². The van der Waals surface area contributed by atoms with Gasteiger partial charge in [-0.15, -0.1) is 0 Å². The van der Waals surface area contributed by atoms with Crippen molar-refractivity contribution in [2.24, 2.45) is 0 Å². The number of aromatic nitrogens is 2. The maximum Gasteiger partial charge on any atom is 0.256 e. The largest absolute Gasteiger partial charge is 0.392 e. The summed E-state index contributed by atoms with van der Waals surface area (Å²) in [6, 6.07) is 2.37. The minimum absolute atomic E-state index is 0.145. The lowest BCUT2D eigenvalue weighted by molar-refractivity contribution is 0.0705.